The minimum Gasteiger partial charge on any atom is -0.490 e. The van der Waals surface area contributed by atoms with Gasteiger partial charge < -0.3 is 19.9 Å². The lowest BCUT2D eigenvalue weighted by Gasteiger charge is -2.16. The van der Waals surface area contributed by atoms with Gasteiger partial charge in [0.2, 0.25) is 0 Å². The first-order chi connectivity index (χ1) is 11.1. The van der Waals surface area contributed by atoms with E-state index in [1.165, 1.54) is 6.92 Å². The van der Waals surface area contributed by atoms with Crippen LogP contribution in [-0.4, -0.2) is 43.3 Å². The van der Waals surface area contributed by atoms with Crippen LogP contribution in [-0.2, 0) is 11.3 Å². The molecule has 0 amide bonds. The van der Waals surface area contributed by atoms with E-state index in [-0.39, 0.29) is 12.4 Å². The van der Waals surface area contributed by atoms with Crippen molar-refractivity contribution in [1.82, 2.24) is 5.32 Å². The zero-order valence-corrected chi connectivity index (χ0v) is 14.4. The van der Waals surface area contributed by atoms with Gasteiger partial charge in [0.25, 0.3) is 0 Å². The van der Waals surface area contributed by atoms with E-state index in [4.69, 9.17) is 9.47 Å². The van der Waals surface area contributed by atoms with Gasteiger partial charge >= 0.3 is 0 Å². The van der Waals surface area contributed by atoms with Crippen LogP contribution < -0.4 is 10.1 Å². The monoisotopic (exact) mass is 323 g/mol. The van der Waals surface area contributed by atoms with Gasteiger partial charge in [-0.05, 0) is 44.5 Å². The van der Waals surface area contributed by atoms with Gasteiger partial charge in [0.05, 0.1) is 6.61 Å². The highest BCUT2D eigenvalue weighted by atomic mass is 16.5. The second-order valence-corrected chi connectivity index (χ2v) is 5.60. The van der Waals surface area contributed by atoms with Crippen LogP contribution >= 0.6 is 0 Å². The summed E-state index contributed by atoms with van der Waals surface area (Å²) in [6, 6.07) is 5.31. The van der Waals surface area contributed by atoms with E-state index in [9.17, 15) is 9.90 Å². The number of rotatable bonds is 12. The molecule has 0 fully saturated rings. The molecule has 0 aromatic heterocycles. The predicted octanol–water partition coefficient (Wildman–Crippen LogP) is 2.56. The summed E-state index contributed by atoms with van der Waals surface area (Å²) in [6.45, 7) is 8.30. The third-order valence-corrected chi connectivity index (χ3v) is 3.31. The molecule has 5 nitrogen and oxygen atoms in total. The Balaban J connectivity index is 2.65. The van der Waals surface area contributed by atoms with Crippen molar-refractivity contribution in [2.75, 3.05) is 26.3 Å². The van der Waals surface area contributed by atoms with E-state index in [0.29, 0.717) is 31.1 Å². The number of ketones is 1. The average Bonchev–Trinajstić information content (AvgIpc) is 2.54. The molecule has 0 spiro atoms. The third-order valence-electron chi connectivity index (χ3n) is 3.31. The lowest BCUT2D eigenvalue weighted by atomic mass is 10.1. The minimum atomic E-state index is -0.571. The Hall–Kier alpha value is -1.43. The quantitative estimate of drug-likeness (QED) is 0.457. The number of hydrogen-bond donors (Lipinski definition) is 2. The smallest absolute Gasteiger partial charge is 0.159 e. The Kier molecular flexibility index (Phi) is 9.52. The van der Waals surface area contributed by atoms with E-state index < -0.39 is 6.10 Å². The molecular weight excluding hydrogens is 294 g/mol. The van der Waals surface area contributed by atoms with Gasteiger partial charge in [-0.2, -0.15) is 0 Å². The molecule has 5 heteroatoms. The summed E-state index contributed by atoms with van der Waals surface area (Å²) < 4.78 is 11.3. The van der Waals surface area contributed by atoms with Crippen LogP contribution in [0, 0.1) is 0 Å². The number of aliphatic hydroxyl groups is 1. The molecule has 1 rings (SSSR count). The Morgan fingerprint density at radius 3 is 2.74 bits per heavy atom. The SMILES string of the molecule is CCCNCC(O)COc1ccc(C(C)=O)cc1COCCC. The molecule has 0 heterocycles. The van der Waals surface area contributed by atoms with E-state index in [2.05, 4.69) is 12.2 Å². The summed E-state index contributed by atoms with van der Waals surface area (Å²) in [5.74, 6) is 0.665. The molecule has 0 aliphatic carbocycles. The molecule has 1 aromatic carbocycles. The van der Waals surface area contributed by atoms with E-state index in [1.807, 2.05) is 6.92 Å². The van der Waals surface area contributed by atoms with Crippen LogP contribution in [0.15, 0.2) is 18.2 Å². The van der Waals surface area contributed by atoms with Crippen LogP contribution in [0.2, 0.25) is 0 Å². The van der Waals surface area contributed by atoms with Gasteiger partial charge in [-0.25, -0.2) is 0 Å². The van der Waals surface area contributed by atoms with E-state index in [0.717, 1.165) is 24.9 Å². The molecule has 0 aliphatic heterocycles. The number of hydrogen-bond acceptors (Lipinski definition) is 5. The molecule has 0 saturated carbocycles. The lowest BCUT2D eigenvalue weighted by Crippen LogP contribution is -2.31. The topological polar surface area (TPSA) is 67.8 Å². The van der Waals surface area contributed by atoms with Gasteiger partial charge in [0.15, 0.2) is 5.78 Å². The van der Waals surface area contributed by atoms with Crippen molar-refractivity contribution < 1.29 is 19.4 Å². The normalized spacial score (nSPS) is 12.2. The maximum absolute atomic E-state index is 11.5. The molecule has 1 aromatic rings. The second-order valence-electron chi connectivity index (χ2n) is 5.60. The number of ether oxygens (including phenoxy) is 2. The Labute approximate surface area is 139 Å². The summed E-state index contributed by atoms with van der Waals surface area (Å²) in [7, 11) is 0. The zero-order valence-electron chi connectivity index (χ0n) is 14.4. The van der Waals surface area contributed by atoms with Gasteiger partial charge in [0, 0.05) is 24.3 Å². The maximum Gasteiger partial charge on any atom is 0.159 e. The fourth-order valence-corrected chi connectivity index (χ4v) is 2.07. The molecule has 23 heavy (non-hydrogen) atoms. The predicted molar refractivity (Wildman–Crippen MR) is 91.1 cm³/mol. The number of Topliss-reactive ketones (excluding diaryl/α,β-unsaturated/α-hetero) is 1. The molecular formula is C18H29NO4. The van der Waals surface area contributed by atoms with Crippen molar-refractivity contribution in [3.8, 4) is 5.75 Å². The highest BCUT2D eigenvalue weighted by Gasteiger charge is 2.11. The molecule has 1 unspecified atom stereocenters. The minimum absolute atomic E-state index is 0.0112. The van der Waals surface area contributed by atoms with Crippen LogP contribution in [0.3, 0.4) is 0 Å². The van der Waals surface area contributed by atoms with Crippen LogP contribution in [0.25, 0.3) is 0 Å². The Morgan fingerprint density at radius 1 is 1.30 bits per heavy atom. The maximum atomic E-state index is 11.5. The number of nitrogens with one attached hydrogen (secondary N) is 1. The first kappa shape index (κ1) is 19.6. The van der Waals surface area contributed by atoms with Crippen LogP contribution in [0.4, 0.5) is 0 Å². The standard InChI is InChI=1S/C18H29NO4/c1-4-8-19-11-17(21)13-23-18-7-6-15(14(3)20)10-16(18)12-22-9-5-2/h6-7,10,17,19,21H,4-5,8-9,11-13H2,1-3H3. The van der Waals surface area contributed by atoms with Gasteiger partial charge in [-0.1, -0.05) is 13.8 Å². The number of benzene rings is 1. The summed E-state index contributed by atoms with van der Waals surface area (Å²) >= 11 is 0. The fraction of sp³-hybridized carbons (Fsp3) is 0.611. The first-order valence-corrected chi connectivity index (χ1v) is 8.31. The van der Waals surface area contributed by atoms with E-state index >= 15 is 0 Å². The highest BCUT2D eigenvalue weighted by molar-refractivity contribution is 5.94. The summed E-state index contributed by atoms with van der Waals surface area (Å²) in [5, 5.41) is 13.1. The zero-order chi connectivity index (χ0) is 17.1. The summed E-state index contributed by atoms with van der Waals surface area (Å²) in [4.78, 5) is 11.5. The molecule has 0 aliphatic rings. The lowest BCUT2D eigenvalue weighted by molar-refractivity contribution is 0.0976. The molecule has 2 N–H and O–H groups in total. The van der Waals surface area contributed by atoms with Crippen LogP contribution in [0.5, 0.6) is 5.75 Å². The third kappa shape index (κ3) is 7.59. The number of carbonyl (C=O) groups excluding carboxylic acids is 1. The molecule has 0 bridgehead atoms. The molecule has 130 valence electrons. The summed E-state index contributed by atoms with van der Waals surface area (Å²) in [6.07, 6.45) is 1.39. The molecule has 0 radical (unpaired) electrons. The van der Waals surface area contributed by atoms with Crippen molar-refractivity contribution in [1.29, 1.82) is 0 Å². The fourth-order valence-electron chi connectivity index (χ4n) is 2.07. The van der Waals surface area contributed by atoms with E-state index in [1.54, 1.807) is 18.2 Å². The highest BCUT2D eigenvalue weighted by Crippen LogP contribution is 2.22. The van der Waals surface area contributed by atoms with Crippen molar-refractivity contribution in [3.63, 3.8) is 0 Å². The van der Waals surface area contributed by atoms with Gasteiger partial charge in [-0.15, -0.1) is 0 Å². The Bertz CT molecular complexity index is 476. The second kappa shape index (κ2) is 11.2. The van der Waals surface area contributed by atoms with Crippen molar-refractivity contribution in [2.24, 2.45) is 0 Å². The van der Waals surface area contributed by atoms with Crippen molar-refractivity contribution in [2.45, 2.75) is 46.3 Å². The first-order valence-electron chi connectivity index (χ1n) is 8.31. The van der Waals surface area contributed by atoms with Gasteiger partial charge in [-0.3, -0.25) is 4.79 Å². The van der Waals surface area contributed by atoms with Gasteiger partial charge in [0.1, 0.15) is 18.5 Å². The molecule has 0 saturated heterocycles. The Morgan fingerprint density at radius 2 is 2.09 bits per heavy atom. The summed E-state index contributed by atoms with van der Waals surface area (Å²) in [5.41, 5.74) is 1.47. The average molecular weight is 323 g/mol. The van der Waals surface area contributed by atoms with Crippen LogP contribution in [0.1, 0.15) is 49.5 Å². The number of carbonyl (C=O) groups is 1. The molecule has 1 atom stereocenters. The van der Waals surface area contributed by atoms with Crippen molar-refractivity contribution >= 4 is 5.78 Å². The largest absolute Gasteiger partial charge is 0.490 e. The van der Waals surface area contributed by atoms with Crippen molar-refractivity contribution in [3.05, 3.63) is 29.3 Å². The number of aliphatic hydroxyl groups excluding tert-OH is 1.